The number of nitrogens with zero attached hydrogens (tertiary/aromatic N) is 3. The van der Waals surface area contributed by atoms with E-state index in [9.17, 15) is 38.4 Å². The lowest BCUT2D eigenvalue weighted by atomic mass is 10.2. The number of carbonyl (C=O) groups excluding carboxylic acids is 7. The summed E-state index contributed by atoms with van der Waals surface area (Å²) < 4.78 is 0. The van der Waals surface area contributed by atoms with Crippen LogP contribution in [0.2, 0.25) is 0 Å². The fraction of sp³-hybridized carbons (Fsp3) is 0.455. The van der Waals surface area contributed by atoms with Crippen LogP contribution in [-0.2, 0) is 38.4 Å². The van der Waals surface area contributed by atoms with Gasteiger partial charge in [-0.3, -0.25) is 48.2 Å². The molecule has 2 aliphatic rings. The number of aliphatic carboxylic acids is 1. The van der Waals surface area contributed by atoms with Crippen LogP contribution in [0.15, 0.2) is 24.3 Å². The molecule has 0 fully saturated rings. The molecule has 2 atom stereocenters. The predicted molar refractivity (Wildman–Crippen MR) is 120 cm³/mol. The van der Waals surface area contributed by atoms with Crippen molar-refractivity contribution in [1.29, 1.82) is 0 Å². The van der Waals surface area contributed by atoms with Gasteiger partial charge in [0, 0.05) is 63.3 Å². The lowest BCUT2D eigenvalue weighted by Gasteiger charge is -2.27. The Labute approximate surface area is 205 Å². The molecule has 0 aromatic rings. The largest absolute Gasteiger partial charge is 0.480 e. The molecule has 14 nitrogen and oxygen atoms in total. The van der Waals surface area contributed by atoms with E-state index in [0.29, 0.717) is 0 Å². The van der Waals surface area contributed by atoms with Crippen LogP contribution >= 0.6 is 0 Å². The van der Waals surface area contributed by atoms with Gasteiger partial charge >= 0.3 is 5.97 Å². The fourth-order valence-electron chi connectivity index (χ4n) is 3.26. The van der Waals surface area contributed by atoms with Gasteiger partial charge in [-0.25, -0.2) is 0 Å². The normalized spacial score (nSPS) is 16.4. The third-order valence-corrected chi connectivity index (χ3v) is 5.41. The average Bonchev–Trinajstić information content (AvgIpc) is 3.31. The maximum absolute atomic E-state index is 12.8. The molecule has 7 amide bonds. The summed E-state index contributed by atoms with van der Waals surface area (Å²) in [6, 6.07) is -2.20. The van der Waals surface area contributed by atoms with Crippen LogP contribution < -0.4 is 10.6 Å². The summed E-state index contributed by atoms with van der Waals surface area (Å²) in [5, 5.41) is 13.4. The zero-order valence-corrected chi connectivity index (χ0v) is 19.8. The van der Waals surface area contributed by atoms with Crippen LogP contribution in [0.3, 0.4) is 0 Å². The van der Waals surface area contributed by atoms with Crippen molar-refractivity contribution in [3.8, 4) is 0 Å². The van der Waals surface area contributed by atoms with Crippen molar-refractivity contribution in [1.82, 2.24) is 25.3 Å². The number of hydrogen-bond donors (Lipinski definition) is 3. The van der Waals surface area contributed by atoms with Crippen LogP contribution in [0, 0.1) is 0 Å². The van der Waals surface area contributed by atoms with E-state index in [1.54, 1.807) is 0 Å². The van der Waals surface area contributed by atoms with Gasteiger partial charge in [0.25, 0.3) is 23.6 Å². The molecular formula is C22H27N5O9. The van der Waals surface area contributed by atoms with Crippen molar-refractivity contribution < 1.29 is 43.5 Å². The first-order chi connectivity index (χ1) is 16.9. The van der Waals surface area contributed by atoms with Gasteiger partial charge in [-0.1, -0.05) is 0 Å². The molecule has 194 valence electrons. The van der Waals surface area contributed by atoms with Crippen molar-refractivity contribution in [3.05, 3.63) is 24.3 Å². The van der Waals surface area contributed by atoms with E-state index in [1.165, 1.54) is 18.7 Å². The maximum Gasteiger partial charge on any atom is 0.325 e. The molecule has 2 rings (SSSR count). The Hall–Kier alpha value is -4.36. The van der Waals surface area contributed by atoms with Gasteiger partial charge in [-0.05, 0) is 13.8 Å². The Bertz CT molecular complexity index is 953. The Morgan fingerprint density at radius 3 is 1.64 bits per heavy atom. The van der Waals surface area contributed by atoms with E-state index in [-0.39, 0.29) is 39.0 Å². The van der Waals surface area contributed by atoms with Crippen molar-refractivity contribution in [2.24, 2.45) is 0 Å². The summed E-state index contributed by atoms with van der Waals surface area (Å²) in [6.45, 7) is 2.20. The smallest absolute Gasteiger partial charge is 0.325 e. The minimum absolute atomic E-state index is 0.0881. The quantitative estimate of drug-likeness (QED) is 0.228. The van der Waals surface area contributed by atoms with Crippen molar-refractivity contribution >= 4 is 47.3 Å². The van der Waals surface area contributed by atoms with Crippen molar-refractivity contribution in [2.45, 2.75) is 38.8 Å². The number of amides is 7. The highest BCUT2D eigenvalue weighted by Gasteiger charge is 2.28. The standard InChI is InChI=1S/C22H27N5O9/c1-13(21(34)24-14(2)22(35)36)23-15(28)3-4-16(29)25(9-11-26-17(30)5-6-18(26)31)10-12-27-19(32)7-8-20(27)33/h5-8,13-14H,3-4,9-12H2,1-2H3,(H,23,28)(H,24,34)(H,35,36). The van der Waals surface area contributed by atoms with Crippen LogP contribution in [0.4, 0.5) is 0 Å². The number of carboxylic acids is 1. The Morgan fingerprint density at radius 1 is 0.778 bits per heavy atom. The molecular weight excluding hydrogens is 478 g/mol. The molecule has 36 heavy (non-hydrogen) atoms. The Morgan fingerprint density at radius 2 is 1.22 bits per heavy atom. The Balaban J connectivity index is 1.92. The number of carboxylic acid groups (broad SMARTS) is 1. The van der Waals surface area contributed by atoms with Crippen LogP contribution in [0.1, 0.15) is 26.7 Å². The molecule has 2 heterocycles. The second kappa shape index (κ2) is 12.4. The van der Waals surface area contributed by atoms with Crippen molar-refractivity contribution in [3.63, 3.8) is 0 Å². The highest BCUT2D eigenvalue weighted by atomic mass is 16.4. The number of carbonyl (C=O) groups is 8. The predicted octanol–water partition coefficient (Wildman–Crippen LogP) is -2.46. The van der Waals surface area contributed by atoms with Gasteiger partial charge < -0.3 is 20.6 Å². The summed E-state index contributed by atoms with van der Waals surface area (Å²) >= 11 is 0. The highest BCUT2D eigenvalue weighted by Crippen LogP contribution is 2.08. The van der Waals surface area contributed by atoms with Gasteiger partial charge in [0.1, 0.15) is 12.1 Å². The van der Waals surface area contributed by atoms with E-state index in [2.05, 4.69) is 10.6 Å². The van der Waals surface area contributed by atoms with Crippen LogP contribution in [-0.4, -0.2) is 105 Å². The summed E-state index contributed by atoms with van der Waals surface area (Å²) in [5.74, 6) is -5.29. The van der Waals surface area contributed by atoms with Gasteiger partial charge in [0.2, 0.25) is 17.7 Å². The minimum Gasteiger partial charge on any atom is -0.480 e. The zero-order chi connectivity index (χ0) is 27.0. The van der Waals surface area contributed by atoms with Crippen LogP contribution in [0.25, 0.3) is 0 Å². The average molecular weight is 505 g/mol. The molecule has 2 aliphatic heterocycles. The minimum atomic E-state index is -1.24. The van der Waals surface area contributed by atoms with E-state index in [1.807, 2.05) is 0 Å². The molecule has 0 radical (unpaired) electrons. The highest BCUT2D eigenvalue weighted by molar-refractivity contribution is 6.13. The number of nitrogens with one attached hydrogen (secondary N) is 2. The summed E-state index contributed by atoms with van der Waals surface area (Å²) in [7, 11) is 0. The molecule has 0 aliphatic carbocycles. The SMILES string of the molecule is CC(NC(=O)C(C)NC(=O)CCC(=O)N(CCN1C(=O)C=CC1=O)CCN1C(=O)C=CC1=O)C(=O)O. The van der Waals surface area contributed by atoms with Gasteiger partial charge in [0.15, 0.2) is 0 Å². The third-order valence-electron chi connectivity index (χ3n) is 5.41. The molecule has 0 saturated carbocycles. The van der Waals surface area contributed by atoms with Gasteiger partial charge in [-0.15, -0.1) is 0 Å². The van der Waals surface area contributed by atoms with E-state index >= 15 is 0 Å². The topological polar surface area (TPSA) is 191 Å². The van der Waals surface area contributed by atoms with Gasteiger partial charge in [0.05, 0.1) is 0 Å². The molecule has 0 aromatic heterocycles. The lowest BCUT2D eigenvalue weighted by Crippen LogP contribution is -2.49. The van der Waals surface area contributed by atoms with E-state index in [4.69, 9.17) is 5.11 Å². The fourth-order valence-corrected chi connectivity index (χ4v) is 3.26. The van der Waals surface area contributed by atoms with Gasteiger partial charge in [-0.2, -0.15) is 0 Å². The second-order valence-corrected chi connectivity index (χ2v) is 8.06. The van der Waals surface area contributed by atoms with E-state index in [0.717, 1.165) is 34.1 Å². The first kappa shape index (κ1) is 27.9. The number of imide groups is 2. The molecule has 3 N–H and O–H groups in total. The zero-order valence-electron chi connectivity index (χ0n) is 19.8. The first-order valence-electron chi connectivity index (χ1n) is 11.1. The number of rotatable bonds is 13. The Kier molecular flexibility index (Phi) is 9.58. The van der Waals surface area contributed by atoms with E-state index < -0.39 is 59.4 Å². The molecule has 0 saturated heterocycles. The number of hydrogen-bond acceptors (Lipinski definition) is 8. The first-order valence-corrected chi connectivity index (χ1v) is 11.1. The molecule has 0 spiro atoms. The molecule has 2 unspecified atom stereocenters. The molecule has 0 bridgehead atoms. The van der Waals surface area contributed by atoms with Crippen molar-refractivity contribution in [2.75, 3.05) is 26.2 Å². The third kappa shape index (κ3) is 7.58. The summed E-state index contributed by atoms with van der Waals surface area (Å²) in [6.07, 6.45) is 3.78. The molecule has 0 aromatic carbocycles. The molecule has 14 heteroatoms. The lowest BCUT2D eigenvalue weighted by molar-refractivity contribution is -0.141. The maximum atomic E-state index is 12.8. The van der Waals surface area contributed by atoms with Crippen LogP contribution in [0.5, 0.6) is 0 Å². The summed E-state index contributed by atoms with van der Waals surface area (Å²) in [4.78, 5) is 98.1. The monoisotopic (exact) mass is 505 g/mol. The second-order valence-electron chi connectivity index (χ2n) is 8.06. The summed E-state index contributed by atoms with van der Waals surface area (Å²) in [5.41, 5.74) is 0.